The number of aryl methyl sites for hydroxylation is 2. The van der Waals surface area contributed by atoms with Crippen LogP contribution in [0.25, 0.3) is 10.9 Å². The SMILES string of the molecule is Cc1ccc([C@H](O)Cn2cnc3cnccc3c2=O)c(C)c1. The molecule has 5 nitrogen and oxygen atoms in total. The van der Waals surface area contributed by atoms with Gasteiger partial charge in [-0.05, 0) is 31.0 Å². The average molecular weight is 295 g/mol. The van der Waals surface area contributed by atoms with Gasteiger partial charge in [0.15, 0.2) is 0 Å². The molecule has 2 aromatic heterocycles. The van der Waals surface area contributed by atoms with Crippen molar-refractivity contribution >= 4 is 10.9 Å². The number of aromatic nitrogens is 3. The molecule has 0 aliphatic carbocycles. The minimum atomic E-state index is -0.751. The summed E-state index contributed by atoms with van der Waals surface area (Å²) in [6.45, 7) is 4.14. The molecule has 5 heteroatoms. The molecule has 0 aliphatic heterocycles. The van der Waals surface area contributed by atoms with Gasteiger partial charge in [-0.3, -0.25) is 14.3 Å². The summed E-state index contributed by atoms with van der Waals surface area (Å²) < 4.78 is 1.44. The van der Waals surface area contributed by atoms with Gasteiger partial charge in [0.2, 0.25) is 0 Å². The maximum absolute atomic E-state index is 12.4. The highest BCUT2D eigenvalue weighted by atomic mass is 16.3. The van der Waals surface area contributed by atoms with Crippen LogP contribution in [-0.2, 0) is 6.54 Å². The highest BCUT2D eigenvalue weighted by molar-refractivity contribution is 5.75. The Bertz CT molecular complexity index is 886. The van der Waals surface area contributed by atoms with E-state index in [1.165, 1.54) is 10.9 Å². The molecular formula is C17H17N3O2. The van der Waals surface area contributed by atoms with Crippen molar-refractivity contribution < 1.29 is 5.11 Å². The van der Waals surface area contributed by atoms with E-state index in [4.69, 9.17) is 0 Å². The number of rotatable bonds is 3. The first-order valence-electron chi connectivity index (χ1n) is 7.10. The normalized spacial score (nSPS) is 12.5. The fourth-order valence-corrected chi connectivity index (χ4v) is 2.62. The lowest BCUT2D eigenvalue weighted by Gasteiger charge is -2.15. The molecule has 3 aromatic rings. The second-order valence-electron chi connectivity index (χ2n) is 5.47. The van der Waals surface area contributed by atoms with Crippen LogP contribution < -0.4 is 5.56 Å². The van der Waals surface area contributed by atoms with Gasteiger partial charge in [0.05, 0.1) is 36.1 Å². The van der Waals surface area contributed by atoms with Gasteiger partial charge < -0.3 is 5.11 Å². The Kier molecular flexibility index (Phi) is 3.73. The van der Waals surface area contributed by atoms with E-state index in [9.17, 15) is 9.90 Å². The van der Waals surface area contributed by atoms with Crippen LogP contribution in [0.4, 0.5) is 0 Å². The van der Waals surface area contributed by atoms with E-state index in [2.05, 4.69) is 9.97 Å². The summed E-state index contributed by atoms with van der Waals surface area (Å²) >= 11 is 0. The predicted molar refractivity (Wildman–Crippen MR) is 84.7 cm³/mol. The molecule has 1 N–H and O–H groups in total. The van der Waals surface area contributed by atoms with Crippen molar-refractivity contribution in [1.29, 1.82) is 0 Å². The van der Waals surface area contributed by atoms with Gasteiger partial charge in [-0.2, -0.15) is 0 Å². The van der Waals surface area contributed by atoms with Crippen LogP contribution in [0.5, 0.6) is 0 Å². The molecule has 0 unspecified atom stereocenters. The number of aliphatic hydroxyl groups is 1. The maximum Gasteiger partial charge on any atom is 0.261 e. The third-order valence-electron chi connectivity index (χ3n) is 3.78. The Hall–Kier alpha value is -2.53. The lowest BCUT2D eigenvalue weighted by atomic mass is 10.0. The number of hydrogen-bond acceptors (Lipinski definition) is 4. The molecule has 0 radical (unpaired) electrons. The molecule has 0 fully saturated rings. The van der Waals surface area contributed by atoms with Gasteiger partial charge in [-0.15, -0.1) is 0 Å². The Morgan fingerprint density at radius 3 is 2.86 bits per heavy atom. The number of aliphatic hydroxyl groups excluding tert-OH is 1. The molecule has 0 amide bonds. The van der Waals surface area contributed by atoms with Gasteiger partial charge in [0, 0.05) is 6.20 Å². The van der Waals surface area contributed by atoms with Crippen molar-refractivity contribution in [3.63, 3.8) is 0 Å². The second kappa shape index (κ2) is 5.69. The van der Waals surface area contributed by atoms with Gasteiger partial charge in [-0.25, -0.2) is 4.98 Å². The van der Waals surface area contributed by atoms with Crippen molar-refractivity contribution in [3.8, 4) is 0 Å². The zero-order chi connectivity index (χ0) is 15.7. The first kappa shape index (κ1) is 14.4. The minimum absolute atomic E-state index is 0.170. The summed E-state index contributed by atoms with van der Waals surface area (Å²) in [5, 5.41) is 10.9. The molecule has 0 aliphatic rings. The van der Waals surface area contributed by atoms with Crippen LogP contribution in [0.2, 0.25) is 0 Å². The quantitative estimate of drug-likeness (QED) is 0.804. The Labute approximate surface area is 127 Å². The molecule has 22 heavy (non-hydrogen) atoms. The van der Waals surface area contributed by atoms with Crippen molar-refractivity contribution in [2.75, 3.05) is 0 Å². The van der Waals surface area contributed by atoms with E-state index >= 15 is 0 Å². The average Bonchev–Trinajstić information content (AvgIpc) is 2.50. The van der Waals surface area contributed by atoms with Crippen LogP contribution in [0, 0.1) is 13.8 Å². The fraction of sp³-hybridized carbons (Fsp3) is 0.235. The van der Waals surface area contributed by atoms with Gasteiger partial charge >= 0.3 is 0 Å². The molecule has 3 rings (SSSR count). The lowest BCUT2D eigenvalue weighted by Crippen LogP contribution is -2.24. The van der Waals surface area contributed by atoms with Crippen molar-refractivity contribution in [3.05, 3.63) is 70.0 Å². The summed E-state index contributed by atoms with van der Waals surface area (Å²) in [6, 6.07) is 7.52. The molecular weight excluding hydrogens is 278 g/mol. The Balaban J connectivity index is 1.96. The third kappa shape index (κ3) is 2.63. The summed E-state index contributed by atoms with van der Waals surface area (Å²) in [5.41, 5.74) is 3.37. The first-order chi connectivity index (χ1) is 10.6. The Morgan fingerprint density at radius 2 is 2.09 bits per heavy atom. The van der Waals surface area contributed by atoms with Crippen molar-refractivity contribution in [2.45, 2.75) is 26.5 Å². The van der Waals surface area contributed by atoms with Gasteiger partial charge in [0.25, 0.3) is 5.56 Å². The molecule has 112 valence electrons. The molecule has 1 atom stereocenters. The van der Waals surface area contributed by atoms with Gasteiger partial charge in [-0.1, -0.05) is 23.8 Å². The first-order valence-corrected chi connectivity index (χ1v) is 7.10. The van der Waals surface area contributed by atoms with Crippen molar-refractivity contribution in [2.24, 2.45) is 0 Å². The zero-order valence-corrected chi connectivity index (χ0v) is 12.5. The topological polar surface area (TPSA) is 68.0 Å². The molecule has 2 heterocycles. The molecule has 0 spiro atoms. The fourth-order valence-electron chi connectivity index (χ4n) is 2.62. The highest BCUT2D eigenvalue weighted by Crippen LogP contribution is 2.20. The Morgan fingerprint density at radius 1 is 1.27 bits per heavy atom. The maximum atomic E-state index is 12.4. The van der Waals surface area contributed by atoms with Crippen LogP contribution in [0.1, 0.15) is 22.8 Å². The van der Waals surface area contributed by atoms with Crippen LogP contribution in [-0.4, -0.2) is 19.6 Å². The highest BCUT2D eigenvalue weighted by Gasteiger charge is 2.13. The molecule has 0 saturated carbocycles. The van der Waals surface area contributed by atoms with E-state index in [-0.39, 0.29) is 12.1 Å². The number of fused-ring (bicyclic) bond motifs is 1. The summed E-state index contributed by atoms with van der Waals surface area (Å²) in [4.78, 5) is 20.6. The van der Waals surface area contributed by atoms with Crippen LogP contribution >= 0.6 is 0 Å². The zero-order valence-electron chi connectivity index (χ0n) is 12.5. The number of pyridine rings is 1. The van der Waals surface area contributed by atoms with E-state index in [1.54, 1.807) is 18.5 Å². The van der Waals surface area contributed by atoms with E-state index in [0.29, 0.717) is 10.9 Å². The predicted octanol–water partition coefficient (Wildman–Crippen LogP) is 2.14. The lowest BCUT2D eigenvalue weighted by molar-refractivity contribution is 0.154. The third-order valence-corrected chi connectivity index (χ3v) is 3.78. The molecule has 0 saturated heterocycles. The summed E-state index contributed by atoms with van der Waals surface area (Å²) in [7, 11) is 0. The minimum Gasteiger partial charge on any atom is -0.387 e. The molecule has 0 bridgehead atoms. The number of nitrogens with zero attached hydrogens (tertiary/aromatic N) is 3. The standard InChI is InChI=1S/C17H17N3O2/c1-11-3-4-13(12(2)7-11)16(21)9-20-10-19-15-8-18-6-5-14(15)17(20)22/h3-8,10,16,21H,9H2,1-2H3/t16-/m1/s1. The van der Waals surface area contributed by atoms with Crippen molar-refractivity contribution in [1.82, 2.24) is 14.5 Å². The summed E-state index contributed by atoms with van der Waals surface area (Å²) in [6.07, 6.45) is 3.83. The second-order valence-corrected chi connectivity index (χ2v) is 5.47. The van der Waals surface area contributed by atoms with Crippen LogP contribution in [0.15, 0.2) is 47.8 Å². The van der Waals surface area contributed by atoms with E-state index in [0.717, 1.165) is 16.7 Å². The van der Waals surface area contributed by atoms with E-state index < -0.39 is 6.10 Å². The van der Waals surface area contributed by atoms with E-state index in [1.807, 2.05) is 32.0 Å². The van der Waals surface area contributed by atoms with Gasteiger partial charge in [0.1, 0.15) is 0 Å². The van der Waals surface area contributed by atoms with Crippen LogP contribution in [0.3, 0.4) is 0 Å². The largest absolute Gasteiger partial charge is 0.387 e. The molecule has 1 aromatic carbocycles. The smallest absolute Gasteiger partial charge is 0.261 e. The monoisotopic (exact) mass is 295 g/mol. The summed E-state index contributed by atoms with van der Waals surface area (Å²) in [5.74, 6) is 0. The number of hydrogen-bond donors (Lipinski definition) is 1. The number of benzene rings is 1.